The van der Waals surface area contributed by atoms with Crippen molar-refractivity contribution in [1.82, 2.24) is 15.5 Å². The summed E-state index contributed by atoms with van der Waals surface area (Å²) >= 11 is 3.33. The number of hydrogen-bond acceptors (Lipinski definition) is 2. The minimum atomic E-state index is -0.230. The third-order valence-corrected chi connectivity index (χ3v) is 5.47. The Hall–Kier alpha value is -0.410. The van der Waals surface area contributed by atoms with Crippen LogP contribution in [0, 0.1) is 5.82 Å². The van der Waals surface area contributed by atoms with Crippen molar-refractivity contribution in [3.8, 4) is 0 Å². The van der Waals surface area contributed by atoms with Gasteiger partial charge in [0.05, 0.1) is 0 Å². The number of guanidine groups is 1. The van der Waals surface area contributed by atoms with Gasteiger partial charge in [0.2, 0.25) is 0 Å². The van der Waals surface area contributed by atoms with Gasteiger partial charge in [-0.2, -0.15) is 0 Å². The fourth-order valence-corrected chi connectivity index (χ4v) is 4.31. The molecule has 25 heavy (non-hydrogen) atoms. The van der Waals surface area contributed by atoms with Crippen LogP contribution in [-0.4, -0.2) is 43.1 Å². The Labute approximate surface area is 175 Å². The fraction of sp³-hybridized carbons (Fsp3) is 0.611. The summed E-state index contributed by atoms with van der Waals surface area (Å²) in [5, 5.41) is 6.79. The molecule has 0 amide bonds. The van der Waals surface area contributed by atoms with Gasteiger partial charge in [-0.25, -0.2) is 4.39 Å². The van der Waals surface area contributed by atoms with Gasteiger partial charge in [-0.15, -0.1) is 24.0 Å². The zero-order valence-corrected chi connectivity index (χ0v) is 18.5. The second kappa shape index (κ2) is 10.1. The van der Waals surface area contributed by atoms with Crippen molar-refractivity contribution in [1.29, 1.82) is 0 Å². The van der Waals surface area contributed by atoms with Crippen LogP contribution in [0.1, 0.15) is 37.7 Å². The van der Waals surface area contributed by atoms with Crippen LogP contribution in [0.4, 0.5) is 4.39 Å². The Morgan fingerprint density at radius 1 is 1.28 bits per heavy atom. The molecular formula is C18H27BrFIN4. The molecule has 2 N–H and O–H groups in total. The van der Waals surface area contributed by atoms with Gasteiger partial charge in [0.15, 0.2) is 5.96 Å². The molecule has 2 fully saturated rings. The summed E-state index contributed by atoms with van der Waals surface area (Å²) in [6.07, 6.45) is 6.63. The molecule has 0 spiro atoms. The number of halogens is 3. The number of nitrogens with zero attached hydrogens (tertiary/aromatic N) is 2. The Kier molecular flexibility index (Phi) is 8.41. The lowest BCUT2D eigenvalue weighted by Crippen LogP contribution is -2.45. The SMILES string of the molecule is CN=C(NCc1cc(F)cc(Br)c1)NC1CCN(C2CCCC2)C1.I. The highest BCUT2D eigenvalue weighted by molar-refractivity contribution is 14.0. The zero-order valence-electron chi connectivity index (χ0n) is 14.6. The number of likely N-dealkylation sites (tertiary alicyclic amines) is 1. The topological polar surface area (TPSA) is 39.7 Å². The summed E-state index contributed by atoms with van der Waals surface area (Å²) in [4.78, 5) is 6.93. The van der Waals surface area contributed by atoms with Gasteiger partial charge in [-0.05, 0) is 43.0 Å². The molecule has 1 unspecified atom stereocenters. The molecule has 140 valence electrons. The number of benzene rings is 1. The second-order valence-corrected chi connectivity index (χ2v) is 7.68. The van der Waals surface area contributed by atoms with E-state index in [9.17, 15) is 4.39 Å². The van der Waals surface area contributed by atoms with Gasteiger partial charge in [0, 0.05) is 43.2 Å². The van der Waals surface area contributed by atoms with E-state index in [0.717, 1.165) is 35.0 Å². The van der Waals surface area contributed by atoms with E-state index in [1.165, 1.54) is 38.3 Å². The fourth-order valence-electron chi connectivity index (χ4n) is 3.79. The van der Waals surface area contributed by atoms with E-state index >= 15 is 0 Å². The van der Waals surface area contributed by atoms with Crippen molar-refractivity contribution in [2.75, 3.05) is 20.1 Å². The first-order valence-electron chi connectivity index (χ1n) is 8.80. The van der Waals surface area contributed by atoms with E-state index in [0.29, 0.717) is 12.6 Å². The maximum absolute atomic E-state index is 13.4. The first-order chi connectivity index (χ1) is 11.6. The molecule has 7 heteroatoms. The first kappa shape index (κ1) is 20.9. The van der Waals surface area contributed by atoms with Gasteiger partial charge in [-0.3, -0.25) is 9.89 Å². The van der Waals surface area contributed by atoms with Crippen LogP contribution in [0.25, 0.3) is 0 Å². The lowest BCUT2D eigenvalue weighted by Gasteiger charge is -2.24. The third kappa shape index (κ3) is 6.06. The van der Waals surface area contributed by atoms with Crippen LogP contribution in [0.2, 0.25) is 0 Å². The van der Waals surface area contributed by atoms with E-state index in [1.807, 2.05) is 6.07 Å². The predicted molar refractivity (Wildman–Crippen MR) is 115 cm³/mol. The minimum absolute atomic E-state index is 0. The van der Waals surface area contributed by atoms with Gasteiger partial charge < -0.3 is 10.6 Å². The number of rotatable bonds is 4. The molecular weight excluding hydrogens is 498 g/mol. The highest BCUT2D eigenvalue weighted by Gasteiger charge is 2.30. The molecule has 2 aliphatic rings. The predicted octanol–water partition coefficient (Wildman–Crippen LogP) is 3.89. The van der Waals surface area contributed by atoms with Crippen LogP contribution in [0.3, 0.4) is 0 Å². The summed E-state index contributed by atoms with van der Waals surface area (Å²) in [5.74, 6) is 0.556. The third-order valence-electron chi connectivity index (χ3n) is 5.01. The van der Waals surface area contributed by atoms with E-state index in [-0.39, 0.29) is 29.8 Å². The van der Waals surface area contributed by atoms with Gasteiger partial charge in [-0.1, -0.05) is 28.8 Å². The monoisotopic (exact) mass is 524 g/mol. The molecule has 1 aromatic rings. The zero-order chi connectivity index (χ0) is 16.9. The molecule has 1 atom stereocenters. The summed E-state index contributed by atoms with van der Waals surface area (Å²) in [6, 6.07) is 6.16. The molecule has 1 saturated carbocycles. The molecule has 1 aromatic carbocycles. The molecule has 0 aromatic heterocycles. The normalized spacial score (nSPS) is 22.0. The van der Waals surface area contributed by atoms with Crippen molar-refractivity contribution in [2.45, 2.75) is 50.7 Å². The van der Waals surface area contributed by atoms with Crippen LogP contribution >= 0.6 is 39.9 Å². The number of nitrogens with one attached hydrogen (secondary N) is 2. The maximum Gasteiger partial charge on any atom is 0.191 e. The smallest absolute Gasteiger partial charge is 0.191 e. The Bertz CT molecular complexity index is 572. The van der Waals surface area contributed by atoms with Crippen LogP contribution in [0.5, 0.6) is 0 Å². The van der Waals surface area contributed by atoms with Crippen molar-refractivity contribution >= 4 is 45.9 Å². The standard InChI is InChI=1S/C18H26BrFN4.HI/c1-21-18(22-11-13-8-14(19)10-15(20)9-13)23-16-6-7-24(12-16)17-4-2-3-5-17;/h8-10,16-17H,2-7,11-12H2,1H3,(H2,21,22,23);1H. The molecule has 1 heterocycles. The lowest BCUT2D eigenvalue weighted by atomic mass is 10.2. The average molecular weight is 525 g/mol. The molecule has 3 rings (SSSR count). The Balaban J connectivity index is 0.00000225. The quantitative estimate of drug-likeness (QED) is 0.356. The first-order valence-corrected chi connectivity index (χ1v) is 9.59. The largest absolute Gasteiger partial charge is 0.352 e. The molecule has 1 aliphatic carbocycles. The van der Waals surface area contributed by atoms with Crippen molar-refractivity contribution in [2.24, 2.45) is 4.99 Å². The van der Waals surface area contributed by atoms with Crippen molar-refractivity contribution in [3.63, 3.8) is 0 Å². The molecule has 0 radical (unpaired) electrons. The van der Waals surface area contributed by atoms with Crippen LogP contribution in [0.15, 0.2) is 27.7 Å². The van der Waals surface area contributed by atoms with Crippen molar-refractivity contribution in [3.05, 3.63) is 34.1 Å². The summed E-state index contributed by atoms with van der Waals surface area (Å²) in [5.41, 5.74) is 0.892. The molecule has 0 bridgehead atoms. The van der Waals surface area contributed by atoms with Gasteiger partial charge in [0.1, 0.15) is 5.82 Å². The summed E-state index contributed by atoms with van der Waals surface area (Å²) in [6.45, 7) is 2.82. The highest BCUT2D eigenvalue weighted by atomic mass is 127. The number of hydrogen-bond donors (Lipinski definition) is 2. The molecule has 1 saturated heterocycles. The van der Waals surface area contributed by atoms with Crippen molar-refractivity contribution < 1.29 is 4.39 Å². The lowest BCUT2D eigenvalue weighted by molar-refractivity contribution is 0.242. The highest BCUT2D eigenvalue weighted by Crippen LogP contribution is 2.26. The van der Waals surface area contributed by atoms with E-state index in [1.54, 1.807) is 13.1 Å². The maximum atomic E-state index is 13.4. The van der Waals surface area contributed by atoms with Gasteiger partial charge in [0.25, 0.3) is 0 Å². The summed E-state index contributed by atoms with van der Waals surface area (Å²) in [7, 11) is 1.78. The van der Waals surface area contributed by atoms with E-state index in [2.05, 4.69) is 36.5 Å². The van der Waals surface area contributed by atoms with Crippen LogP contribution < -0.4 is 10.6 Å². The Morgan fingerprint density at radius 2 is 2.04 bits per heavy atom. The van der Waals surface area contributed by atoms with E-state index < -0.39 is 0 Å². The Morgan fingerprint density at radius 3 is 2.72 bits per heavy atom. The summed E-state index contributed by atoms with van der Waals surface area (Å²) < 4.78 is 14.2. The molecule has 4 nitrogen and oxygen atoms in total. The van der Waals surface area contributed by atoms with Crippen LogP contribution in [-0.2, 0) is 6.54 Å². The van der Waals surface area contributed by atoms with Gasteiger partial charge >= 0.3 is 0 Å². The van der Waals surface area contributed by atoms with E-state index in [4.69, 9.17) is 0 Å². The minimum Gasteiger partial charge on any atom is -0.352 e. The molecule has 1 aliphatic heterocycles. The number of aliphatic imine (C=N–C) groups is 1. The average Bonchev–Trinajstić information content (AvgIpc) is 3.21. The second-order valence-electron chi connectivity index (χ2n) is 6.77.